The highest BCUT2D eigenvalue weighted by Crippen LogP contribution is 1.90. The highest BCUT2D eigenvalue weighted by atomic mass is 32.1. The van der Waals surface area contributed by atoms with Gasteiger partial charge in [-0.05, 0) is 12.5 Å². The van der Waals surface area contributed by atoms with E-state index in [4.69, 9.17) is 0 Å². The van der Waals surface area contributed by atoms with Crippen LogP contribution < -0.4 is 0 Å². The normalized spacial score (nSPS) is 7.67. The fourth-order valence-corrected chi connectivity index (χ4v) is 0. The molecular formula is C4H6OS. The lowest BCUT2D eigenvalue weighted by molar-refractivity contribution is -0.107. The number of carbonyl (C=O) groups is 1. The summed E-state index contributed by atoms with van der Waals surface area (Å²) in [6.07, 6.45) is 0. The molecule has 0 amide bonds. The van der Waals surface area contributed by atoms with Crippen LogP contribution in [0.4, 0.5) is 0 Å². The molecule has 0 rings (SSSR count). The molecule has 1 nitrogen and oxygen atoms in total. The summed E-state index contributed by atoms with van der Waals surface area (Å²) in [6, 6.07) is 0. The van der Waals surface area contributed by atoms with Crippen molar-refractivity contribution in [3.8, 4) is 0 Å². The van der Waals surface area contributed by atoms with Crippen molar-refractivity contribution in [2.24, 2.45) is 0 Å². The van der Waals surface area contributed by atoms with Gasteiger partial charge < -0.3 is 0 Å². The zero-order valence-electron chi connectivity index (χ0n) is 3.56. The zero-order chi connectivity index (χ0) is 5.15. The fraction of sp³-hybridized carbons (Fsp3) is 0.250. The van der Waals surface area contributed by atoms with Crippen molar-refractivity contribution in [3.05, 3.63) is 12.2 Å². The molecule has 34 valence electrons. The molecule has 0 aromatic carbocycles. The van der Waals surface area contributed by atoms with Gasteiger partial charge >= 0.3 is 0 Å². The van der Waals surface area contributed by atoms with E-state index < -0.39 is 0 Å². The molecule has 0 radical (unpaired) electrons. The van der Waals surface area contributed by atoms with Crippen molar-refractivity contribution in [2.45, 2.75) is 6.92 Å². The Labute approximate surface area is 42.5 Å². The van der Waals surface area contributed by atoms with Crippen LogP contribution in [-0.2, 0) is 4.79 Å². The maximum absolute atomic E-state index is 9.91. The van der Waals surface area contributed by atoms with Crippen molar-refractivity contribution in [1.29, 1.82) is 0 Å². The van der Waals surface area contributed by atoms with E-state index in [1.165, 1.54) is 0 Å². The Hall–Kier alpha value is -0.240. The third-order valence-corrected chi connectivity index (χ3v) is 0.747. The Morgan fingerprint density at radius 1 is 1.83 bits per heavy atom. The Morgan fingerprint density at radius 3 is 2.00 bits per heavy atom. The highest BCUT2D eigenvalue weighted by Gasteiger charge is 1.87. The topological polar surface area (TPSA) is 17.1 Å². The molecule has 0 aromatic heterocycles. The maximum Gasteiger partial charge on any atom is 0.211 e. The predicted octanol–water partition coefficient (Wildman–Crippen LogP) is 1.02. The van der Waals surface area contributed by atoms with Crippen LogP contribution in [0.1, 0.15) is 6.92 Å². The van der Waals surface area contributed by atoms with Gasteiger partial charge in [-0.2, -0.15) is 0 Å². The van der Waals surface area contributed by atoms with Gasteiger partial charge in [-0.3, -0.25) is 4.79 Å². The Bertz CT molecular complexity index is 73.5. The second kappa shape index (κ2) is 2.03. The minimum Gasteiger partial charge on any atom is -0.282 e. The van der Waals surface area contributed by atoms with Gasteiger partial charge in [-0.15, -0.1) is 12.6 Å². The SMILES string of the molecule is C=C(C)C(=O)S. The second-order valence-electron chi connectivity index (χ2n) is 1.09. The first-order chi connectivity index (χ1) is 2.64. The van der Waals surface area contributed by atoms with Crippen LogP contribution in [0.2, 0.25) is 0 Å². The first-order valence-corrected chi connectivity index (χ1v) is 1.98. The summed E-state index contributed by atoms with van der Waals surface area (Å²) >= 11 is 3.45. The zero-order valence-corrected chi connectivity index (χ0v) is 4.46. The van der Waals surface area contributed by atoms with Crippen molar-refractivity contribution in [3.63, 3.8) is 0 Å². The second-order valence-corrected chi connectivity index (χ2v) is 1.49. The average Bonchev–Trinajstić information content (AvgIpc) is 1.36. The Balaban J connectivity index is 3.57. The molecule has 0 bridgehead atoms. The first kappa shape index (κ1) is 5.76. The standard InChI is InChI=1S/C4H6OS/c1-3(2)4(5)6/h1H2,2H3,(H,5,6). The molecule has 6 heavy (non-hydrogen) atoms. The minimum absolute atomic E-state index is 0.241. The van der Waals surface area contributed by atoms with Crippen LogP contribution in [0.3, 0.4) is 0 Å². The average molecular weight is 102 g/mol. The molecule has 2 heteroatoms. The molecule has 0 aliphatic heterocycles. The van der Waals surface area contributed by atoms with E-state index >= 15 is 0 Å². The third kappa shape index (κ3) is 2.03. The van der Waals surface area contributed by atoms with E-state index in [2.05, 4.69) is 19.2 Å². The monoisotopic (exact) mass is 102 g/mol. The van der Waals surface area contributed by atoms with Gasteiger partial charge in [0.25, 0.3) is 0 Å². The van der Waals surface area contributed by atoms with Crippen molar-refractivity contribution in [2.75, 3.05) is 0 Å². The molecule has 0 aromatic rings. The van der Waals surface area contributed by atoms with Crippen LogP contribution in [0, 0.1) is 0 Å². The molecule has 0 heterocycles. The lowest BCUT2D eigenvalue weighted by atomic mass is 10.4. The highest BCUT2D eigenvalue weighted by molar-refractivity contribution is 7.97. The summed E-state index contributed by atoms with van der Waals surface area (Å²) in [4.78, 5) is 9.91. The molecule has 0 aliphatic rings. The number of carbonyl (C=O) groups excluding carboxylic acids is 1. The molecule has 0 fully saturated rings. The fourth-order valence-electron chi connectivity index (χ4n) is 0. The number of rotatable bonds is 1. The van der Waals surface area contributed by atoms with E-state index in [1.54, 1.807) is 6.92 Å². The van der Waals surface area contributed by atoms with Gasteiger partial charge in [-0.1, -0.05) is 6.58 Å². The molecular weight excluding hydrogens is 96.1 g/mol. The molecule has 0 atom stereocenters. The van der Waals surface area contributed by atoms with Gasteiger partial charge in [0.2, 0.25) is 5.12 Å². The van der Waals surface area contributed by atoms with Crippen molar-refractivity contribution >= 4 is 17.7 Å². The summed E-state index contributed by atoms with van der Waals surface area (Å²) < 4.78 is 0. The van der Waals surface area contributed by atoms with Crippen molar-refractivity contribution in [1.82, 2.24) is 0 Å². The molecule has 0 aliphatic carbocycles. The van der Waals surface area contributed by atoms with Gasteiger partial charge in [0.05, 0.1) is 0 Å². The van der Waals surface area contributed by atoms with Crippen LogP contribution in [0.15, 0.2) is 12.2 Å². The van der Waals surface area contributed by atoms with Crippen LogP contribution in [0.25, 0.3) is 0 Å². The molecule has 0 spiro atoms. The minimum atomic E-state index is -0.241. The summed E-state index contributed by atoms with van der Waals surface area (Å²) in [5.74, 6) is 0. The molecule has 0 N–H and O–H groups in total. The summed E-state index contributed by atoms with van der Waals surface area (Å²) in [5.41, 5.74) is 0.485. The number of hydrogen-bond acceptors (Lipinski definition) is 1. The lowest BCUT2D eigenvalue weighted by Crippen LogP contribution is -1.81. The summed E-state index contributed by atoms with van der Waals surface area (Å²) in [6.45, 7) is 4.95. The third-order valence-electron chi connectivity index (χ3n) is 0.365. The molecule has 0 saturated carbocycles. The number of hydrogen-bond donors (Lipinski definition) is 1. The Morgan fingerprint density at radius 2 is 2.00 bits per heavy atom. The van der Waals surface area contributed by atoms with Crippen LogP contribution in [-0.4, -0.2) is 5.12 Å². The number of thiol groups is 1. The van der Waals surface area contributed by atoms with E-state index in [0.717, 1.165) is 0 Å². The first-order valence-electron chi connectivity index (χ1n) is 1.53. The lowest BCUT2D eigenvalue weighted by Gasteiger charge is -1.79. The van der Waals surface area contributed by atoms with Gasteiger partial charge in [0.1, 0.15) is 0 Å². The van der Waals surface area contributed by atoms with E-state index in [-0.39, 0.29) is 5.12 Å². The van der Waals surface area contributed by atoms with Crippen LogP contribution >= 0.6 is 12.6 Å². The van der Waals surface area contributed by atoms with Crippen LogP contribution in [0.5, 0.6) is 0 Å². The van der Waals surface area contributed by atoms with E-state index in [9.17, 15) is 4.79 Å². The van der Waals surface area contributed by atoms with Gasteiger partial charge in [-0.25, -0.2) is 0 Å². The van der Waals surface area contributed by atoms with Crippen molar-refractivity contribution < 1.29 is 4.79 Å². The van der Waals surface area contributed by atoms with Gasteiger partial charge in [0.15, 0.2) is 0 Å². The Kier molecular flexibility index (Phi) is 1.95. The maximum atomic E-state index is 9.91. The smallest absolute Gasteiger partial charge is 0.211 e. The van der Waals surface area contributed by atoms with Gasteiger partial charge in [0, 0.05) is 0 Å². The predicted molar refractivity (Wildman–Crippen MR) is 28.8 cm³/mol. The summed E-state index contributed by atoms with van der Waals surface area (Å²) in [5, 5.41) is -0.241. The molecule has 0 saturated heterocycles. The van der Waals surface area contributed by atoms with E-state index in [0.29, 0.717) is 5.57 Å². The largest absolute Gasteiger partial charge is 0.282 e. The quantitative estimate of drug-likeness (QED) is 0.386. The molecule has 0 unspecified atom stereocenters. The van der Waals surface area contributed by atoms with E-state index in [1.807, 2.05) is 0 Å². The summed E-state index contributed by atoms with van der Waals surface area (Å²) in [7, 11) is 0.